The van der Waals surface area contributed by atoms with Gasteiger partial charge in [-0.2, -0.15) is 0 Å². The Bertz CT molecular complexity index is 1070. The number of carbonyl (C=O) groups excluding carboxylic acids is 1. The van der Waals surface area contributed by atoms with E-state index in [9.17, 15) is 4.79 Å². The highest BCUT2D eigenvalue weighted by molar-refractivity contribution is 5.89. The molecule has 31 heavy (non-hydrogen) atoms. The van der Waals surface area contributed by atoms with Crippen molar-refractivity contribution in [3.8, 4) is 0 Å². The average molecular weight is 414 g/mol. The minimum atomic E-state index is 0.0613. The molecule has 2 aromatic rings. The van der Waals surface area contributed by atoms with Crippen LogP contribution in [0.25, 0.3) is 10.8 Å². The van der Waals surface area contributed by atoms with E-state index in [2.05, 4.69) is 67.3 Å². The monoisotopic (exact) mass is 413 g/mol. The number of hydrogen-bond acceptors (Lipinski definition) is 1. The van der Waals surface area contributed by atoms with E-state index >= 15 is 0 Å². The van der Waals surface area contributed by atoms with Crippen molar-refractivity contribution in [2.75, 3.05) is 7.05 Å². The molecule has 2 aromatic carbocycles. The van der Waals surface area contributed by atoms with Crippen LogP contribution in [0.15, 0.2) is 54.6 Å². The highest BCUT2D eigenvalue weighted by Gasteiger charge is 2.60. The standard InChI is InChI=1S/C29H35NO/c1-28-14-6-9-24(28)23-18-22(21-11-10-19-7-4-5-8-20(19)17-21)27-29(2,25(23)12-15-28)16-13-26(31)30(27)3/h4-5,7-8,10-11,13,16-17,22-25,27H,6,9,12,14-15,18H2,1-3H3/t22?,23-,24-,25+,27?,28-,29+/m0/s1. The molecular formula is C29H35NO. The second-order valence-corrected chi connectivity index (χ2v) is 11.5. The molecule has 1 heterocycles. The summed E-state index contributed by atoms with van der Waals surface area (Å²) >= 11 is 0. The Balaban J connectivity index is 1.49. The molecule has 6 rings (SSSR count). The predicted octanol–water partition coefficient (Wildman–Crippen LogP) is 6.56. The molecule has 2 unspecified atom stereocenters. The van der Waals surface area contributed by atoms with Crippen LogP contribution >= 0.6 is 0 Å². The average Bonchev–Trinajstić information content (AvgIpc) is 3.18. The maximum Gasteiger partial charge on any atom is 0.246 e. The van der Waals surface area contributed by atoms with Gasteiger partial charge in [-0.05, 0) is 77.7 Å². The first kappa shape index (κ1) is 19.6. The first-order valence-electron chi connectivity index (χ1n) is 12.4. The Morgan fingerprint density at radius 3 is 2.61 bits per heavy atom. The summed E-state index contributed by atoms with van der Waals surface area (Å²) in [6, 6.07) is 16.0. The van der Waals surface area contributed by atoms with Crippen LogP contribution in [0, 0.1) is 28.6 Å². The highest BCUT2D eigenvalue weighted by Crippen LogP contribution is 2.66. The molecule has 0 aromatic heterocycles. The lowest BCUT2D eigenvalue weighted by Gasteiger charge is -2.62. The zero-order chi connectivity index (χ0) is 21.4. The lowest BCUT2D eigenvalue weighted by Crippen LogP contribution is -2.62. The van der Waals surface area contributed by atoms with Crippen LogP contribution in [0.5, 0.6) is 0 Å². The Labute approximate surface area is 186 Å². The van der Waals surface area contributed by atoms with Crippen LogP contribution in [-0.4, -0.2) is 23.9 Å². The maximum atomic E-state index is 12.8. The Kier molecular flexibility index (Phi) is 4.23. The minimum Gasteiger partial charge on any atom is -0.338 e. The van der Waals surface area contributed by atoms with Crippen molar-refractivity contribution < 1.29 is 4.79 Å². The van der Waals surface area contributed by atoms with Crippen LogP contribution in [0.3, 0.4) is 0 Å². The normalized spacial score (nSPS) is 41.7. The number of likely N-dealkylation sites (N-methyl/N-ethyl adjacent to an activating group) is 1. The molecule has 3 saturated carbocycles. The van der Waals surface area contributed by atoms with Crippen LogP contribution in [0.2, 0.25) is 0 Å². The largest absolute Gasteiger partial charge is 0.338 e. The second-order valence-electron chi connectivity index (χ2n) is 11.5. The lowest BCUT2D eigenvalue weighted by molar-refractivity contribution is -0.140. The van der Waals surface area contributed by atoms with Crippen molar-refractivity contribution in [1.29, 1.82) is 0 Å². The van der Waals surface area contributed by atoms with Gasteiger partial charge >= 0.3 is 0 Å². The number of amides is 1. The van der Waals surface area contributed by atoms with Crippen LogP contribution in [-0.2, 0) is 4.79 Å². The summed E-state index contributed by atoms with van der Waals surface area (Å²) in [7, 11) is 2.05. The summed E-state index contributed by atoms with van der Waals surface area (Å²) in [5, 5.41) is 2.62. The van der Waals surface area contributed by atoms with Crippen molar-refractivity contribution in [1.82, 2.24) is 4.90 Å². The molecule has 2 heteroatoms. The van der Waals surface area contributed by atoms with E-state index in [1.807, 2.05) is 13.1 Å². The Morgan fingerprint density at radius 2 is 1.77 bits per heavy atom. The van der Waals surface area contributed by atoms with Gasteiger partial charge in [-0.1, -0.05) is 68.8 Å². The van der Waals surface area contributed by atoms with E-state index in [-0.39, 0.29) is 17.4 Å². The van der Waals surface area contributed by atoms with Gasteiger partial charge in [-0.15, -0.1) is 0 Å². The van der Waals surface area contributed by atoms with Crippen molar-refractivity contribution in [2.45, 2.75) is 64.3 Å². The van der Waals surface area contributed by atoms with Crippen molar-refractivity contribution in [3.05, 3.63) is 60.2 Å². The summed E-state index contributed by atoms with van der Waals surface area (Å²) in [5.74, 6) is 2.89. The molecule has 162 valence electrons. The van der Waals surface area contributed by atoms with Gasteiger partial charge in [0.05, 0.1) is 0 Å². The fourth-order valence-electron chi connectivity index (χ4n) is 8.63. The maximum absolute atomic E-state index is 12.8. The number of hydrogen-bond donors (Lipinski definition) is 0. The van der Waals surface area contributed by atoms with Crippen molar-refractivity contribution in [3.63, 3.8) is 0 Å². The fourth-order valence-corrected chi connectivity index (χ4v) is 8.63. The molecule has 0 N–H and O–H groups in total. The van der Waals surface area contributed by atoms with E-state index in [4.69, 9.17) is 0 Å². The Morgan fingerprint density at radius 1 is 0.968 bits per heavy atom. The van der Waals surface area contributed by atoms with Gasteiger partial charge in [0.2, 0.25) is 5.91 Å². The quantitative estimate of drug-likeness (QED) is 0.518. The zero-order valence-electron chi connectivity index (χ0n) is 19.2. The molecule has 0 saturated heterocycles. The van der Waals surface area contributed by atoms with Crippen LogP contribution < -0.4 is 0 Å². The van der Waals surface area contributed by atoms with Gasteiger partial charge in [0.15, 0.2) is 0 Å². The van der Waals surface area contributed by atoms with Gasteiger partial charge in [0.1, 0.15) is 0 Å². The summed E-state index contributed by atoms with van der Waals surface area (Å²) in [6.45, 7) is 5.05. The SMILES string of the molecule is CN1C(=O)C=C[C@@]2(C)C1C(c1ccc3ccccc3c1)C[C@@H]1[C@H]2CC[C@]2(C)CCC[C@@H]12. The van der Waals surface area contributed by atoms with E-state index in [0.29, 0.717) is 17.3 Å². The minimum absolute atomic E-state index is 0.0613. The van der Waals surface area contributed by atoms with Gasteiger partial charge in [0.25, 0.3) is 0 Å². The van der Waals surface area contributed by atoms with Crippen LogP contribution in [0.4, 0.5) is 0 Å². The number of rotatable bonds is 1. The third-order valence-electron chi connectivity index (χ3n) is 10.1. The molecule has 4 aliphatic rings. The molecular weight excluding hydrogens is 378 g/mol. The fraction of sp³-hybridized carbons (Fsp3) is 0.552. The Hall–Kier alpha value is -2.09. The smallest absolute Gasteiger partial charge is 0.246 e. The molecule has 0 spiro atoms. The first-order chi connectivity index (χ1) is 14.9. The molecule has 2 nitrogen and oxygen atoms in total. The van der Waals surface area contributed by atoms with Crippen molar-refractivity contribution in [2.24, 2.45) is 28.6 Å². The molecule has 0 bridgehead atoms. The molecule has 1 aliphatic heterocycles. The van der Waals surface area contributed by atoms with Gasteiger partial charge in [-0.25, -0.2) is 0 Å². The molecule has 1 amide bonds. The first-order valence-corrected chi connectivity index (χ1v) is 12.4. The molecule has 7 atom stereocenters. The number of carbonyl (C=O) groups is 1. The summed E-state index contributed by atoms with van der Waals surface area (Å²) in [4.78, 5) is 14.9. The molecule has 0 radical (unpaired) electrons. The second kappa shape index (κ2) is 6.70. The van der Waals surface area contributed by atoms with Crippen LogP contribution in [0.1, 0.15) is 63.9 Å². The molecule has 3 fully saturated rings. The lowest BCUT2D eigenvalue weighted by atomic mass is 9.46. The summed E-state index contributed by atoms with van der Waals surface area (Å²) in [5.41, 5.74) is 2.03. The van der Waals surface area contributed by atoms with E-state index < -0.39 is 0 Å². The van der Waals surface area contributed by atoms with Gasteiger partial charge < -0.3 is 4.90 Å². The highest BCUT2D eigenvalue weighted by atomic mass is 16.2. The summed E-state index contributed by atoms with van der Waals surface area (Å²) in [6.07, 6.45) is 12.3. The third-order valence-corrected chi connectivity index (χ3v) is 10.1. The van der Waals surface area contributed by atoms with Gasteiger partial charge in [-0.3, -0.25) is 4.79 Å². The number of nitrogens with zero attached hydrogens (tertiary/aromatic N) is 1. The molecule has 3 aliphatic carbocycles. The topological polar surface area (TPSA) is 20.3 Å². The predicted molar refractivity (Wildman–Crippen MR) is 127 cm³/mol. The van der Waals surface area contributed by atoms with Crippen molar-refractivity contribution >= 4 is 16.7 Å². The third kappa shape index (κ3) is 2.73. The van der Waals surface area contributed by atoms with E-state index in [1.165, 1.54) is 54.9 Å². The zero-order valence-corrected chi connectivity index (χ0v) is 19.2. The van der Waals surface area contributed by atoms with Gasteiger partial charge in [0, 0.05) is 24.4 Å². The van der Waals surface area contributed by atoms with E-state index in [0.717, 1.165) is 11.8 Å². The van der Waals surface area contributed by atoms with E-state index in [1.54, 1.807) is 0 Å². The summed E-state index contributed by atoms with van der Waals surface area (Å²) < 4.78 is 0. The number of fused-ring (bicyclic) bond motifs is 6. The number of benzene rings is 2.